The maximum absolute atomic E-state index is 3.33. The molecule has 0 saturated carbocycles. The quantitative estimate of drug-likeness (QED) is 0.523. The molecule has 1 aliphatic rings. The van der Waals surface area contributed by atoms with E-state index in [4.69, 9.17) is 0 Å². The maximum Gasteiger partial charge on any atom is 0.0269 e. The van der Waals surface area contributed by atoms with E-state index in [2.05, 4.69) is 31.2 Å². The van der Waals surface area contributed by atoms with E-state index in [9.17, 15) is 0 Å². The lowest BCUT2D eigenvalue weighted by Gasteiger charge is -2.30. The second-order valence-corrected chi connectivity index (χ2v) is 3.58. The first kappa shape index (κ1) is 7.03. The average Bonchev–Trinajstić information content (AvgIpc) is 2.08. The van der Waals surface area contributed by atoms with Crippen molar-refractivity contribution < 1.29 is 0 Å². The van der Waals surface area contributed by atoms with Gasteiger partial charge in [0.05, 0.1) is 0 Å². The van der Waals surface area contributed by atoms with Crippen molar-refractivity contribution >= 4 is 0 Å². The normalized spacial score (nSPS) is 23.0. The highest BCUT2D eigenvalue weighted by Gasteiger charge is 2.23. The second-order valence-electron chi connectivity index (χ2n) is 3.58. The number of hydrogen-bond acceptors (Lipinski definition) is 2. The van der Waals surface area contributed by atoms with E-state index in [0.717, 1.165) is 6.54 Å². The number of hydrazine groups is 1. The van der Waals surface area contributed by atoms with Crippen LogP contribution in [0.2, 0.25) is 0 Å². The first-order valence-corrected chi connectivity index (χ1v) is 3.62. The smallest absolute Gasteiger partial charge is 0.0269 e. The Morgan fingerprint density at radius 2 is 2.00 bits per heavy atom. The molecule has 1 heterocycles. The SMILES string of the molecule is CC(C)(C)N1CCCN1. The van der Waals surface area contributed by atoms with Crippen LogP contribution >= 0.6 is 0 Å². The monoisotopic (exact) mass is 128 g/mol. The molecule has 0 spiro atoms. The molecule has 0 atom stereocenters. The molecule has 2 nitrogen and oxygen atoms in total. The number of rotatable bonds is 0. The minimum Gasteiger partial charge on any atom is -0.255 e. The van der Waals surface area contributed by atoms with Crippen LogP contribution in [-0.2, 0) is 0 Å². The minimum atomic E-state index is 0.302. The zero-order valence-electron chi connectivity index (χ0n) is 6.57. The Morgan fingerprint density at radius 3 is 2.22 bits per heavy atom. The number of hydrogen-bond donors (Lipinski definition) is 1. The molecular formula is C7H16N2. The van der Waals surface area contributed by atoms with Gasteiger partial charge in [0.1, 0.15) is 0 Å². The molecule has 9 heavy (non-hydrogen) atoms. The molecule has 1 saturated heterocycles. The highest BCUT2D eigenvalue weighted by molar-refractivity contribution is 4.76. The lowest BCUT2D eigenvalue weighted by atomic mass is 10.1. The summed E-state index contributed by atoms with van der Waals surface area (Å²) in [6, 6.07) is 0. The van der Waals surface area contributed by atoms with Crippen LogP contribution in [0.3, 0.4) is 0 Å². The third-order valence-electron chi connectivity index (χ3n) is 1.67. The van der Waals surface area contributed by atoms with E-state index in [0.29, 0.717) is 5.54 Å². The Morgan fingerprint density at radius 1 is 1.33 bits per heavy atom. The summed E-state index contributed by atoms with van der Waals surface area (Å²) in [5.74, 6) is 0. The van der Waals surface area contributed by atoms with Gasteiger partial charge < -0.3 is 0 Å². The Kier molecular flexibility index (Phi) is 1.78. The second kappa shape index (κ2) is 2.27. The molecule has 0 unspecified atom stereocenters. The Labute approximate surface area is 57.2 Å². The zero-order chi connectivity index (χ0) is 6.91. The van der Waals surface area contributed by atoms with E-state index >= 15 is 0 Å². The standard InChI is InChI=1S/C7H16N2/c1-7(2,3)9-6-4-5-8-9/h8H,4-6H2,1-3H3. The fourth-order valence-electron chi connectivity index (χ4n) is 1.10. The largest absolute Gasteiger partial charge is 0.255 e. The highest BCUT2D eigenvalue weighted by Crippen LogP contribution is 2.13. The van der Waals surface area contributed by atoms with Crippen LogP contribution in [0.15, 0.2) is 0 Å². The predicted octanol–water partition coefficient (Wildman–Crippen LogP) is 0.995. The van der Waals surface area contributed by atoms with Crippen molar-refractivity contribution in [2.24, 2.45) is 0 Å². The number of nitrogens with one attached hydrogen (secondary N) is 1. The van der Waals surface area contributed by atoms with Gasteiger partial charge in [-0.05, 0) is 27.2 Å². The molecule has 0 amide bonds. The van der Waals surface area contributed by atoms with Gasteiger partial charge in [0.25, 0.3) is 0 Å². The molecule has 1 rings (SSSR count). The summed E-state index contributed by atoms with van der Waals surface area (Å²) >= 11 is 0. The highest BCUT2D eigenvalue weighted by atomic mass is 15.5. The topological polar surface area (TPSA) is 15.3 Å². The summed E-state index contributed by atoms with van der Waals surface area (Å²) in [6.07, 6.45) is 1.29. The van der Waals surface area contributed by atoms with Crippen LogP contribution in [0.4, 0.5) is 0 Å². The van der Waals surface area contributed by atoms with E-state index in [1.54, 1.807) is 0 Å². The Hall–Kier alpha value is -0.0800. The maximum atomic E-state index is 3.33. The molecular weight excluding hydrogens is 112 g/mol. The molecule has 54 valence electrons. The van der Waals surface area contributed by atoms with Crippen molar-refractivity contribution in [1.29, 1.82) is 0 Å². The van der Waals surface area contributed by atoms with E-state index in [1.165, 1.54) is 13.0 Å². The van der Waals surface area contributed by atoms with Gasteiger partial charge in [-0.15, -0.1) is 0 Å². The molecule has 0 radical (unpaired) electrons. The van der Waals surface area contributed by atoms with Crippen molar-refractivity contribution in [3.05, 3.63) is 0 Å². The van der Waals surface area contributed by atoms with Gasteiger partial charge in [0, 0.05) is 18.6 Å². The lowest BCUT2D eigenvalue weighted by Crippen LogP contribution is -2.45. The molecule has 1 N–H and O–H groups in total. The third kappa shape index (κ3) is 1.66. The Balaban J connectivity index is 2.42. The molecule has 0 aliphatic carbocycles. The van der Waals surface area contributed by atoms with Crippen LogP contribution in [-0.4, -0.2) is 23.6 Å². The van der Waals surface area contributed by atoms with Gasteiger partial charge in [-0.25, -0.2) is 5.01 Å². The van der Waals surface area contributed by atoms with Crippen molar-refractivity contribution in [3.63, 3.8) is 0 Å². The molecule has 0 aromatic heterocycles. The first-order valence-electron chi connectivity index (χ1n) is 3.62. The summed E-state index contributed by atoms with van der Waals surface area (Å²) in [7, 11) is 0. The van der Waals surface area contributed by atoms with E-state index < -0.39 is 0 Å². The van der Waals surface area contributed by atoms with Crippen LogP contribution in [0, 0.1) is 0 Å². The average molecular weight is 128 g/mol. The fraction of sp³-hybridized carbons (Fsp3) is 1.00. The van der Waals surface area contributed by atoms with Gasteiger partial charge in [0.15, 0.2) is 0 Å². The van der Waals surface area contributed by atoms with Crippen molar-refractivity contribution in [3.8, 4) is 0 Å². The minimum absolute atomic E-state index is 0.302. The molecule has 0 bridgehead atoms. The van der Waals surface area contributed by atoms with Gasteiger partial charge in [-0.3, -0.25) is 5.43 Å². The summed E-state index contributed by atoms with van der Waals surface area (Å²) in [6.45, 7) is 9.03. The van der Waals surface area contributed by atoms with Crippen molar-refractivity contribution in [2.45, 2.75) is 32.7 Å². The summed E-state index contributed by atoms with van der Waals surface area (Å²) in [5, 5.41) is 2.30. The van der Waals surface area contributed by atoms with E-state index in [-0.39, 0.29) is 0 Å². The molecule has 1 aliphatic heterocycles. The summed E-state index contributed by atoms with van der Waals surface area (Å²) < 4.78 is 0. The van der Waals surface area contributed by atoms with Crippen LogP contribution in [0.1, 0.15) is 27.2 Å². The molecule has 2 heteroatoms. The first-order chi connectivity index (χ1) is 4.11. The number of nitrogens with zero attached hydrogens (tertiary/aromatic N) is 1. The van der Waals surface area contributed by atoms with Crippen molar-refractivity contribution in [2.75, 3.05) is 13.1 Å². The van der Waals surface area contributed by atoms with Gasteiger partial charge in [0.2, 0.25) is 0 Å². The molecule has 0 aromatic rings. The fourth-order valence-corrected chi connectivity index (χ4v) is 1.10. The molecule has 1 fully saturated rings. The third-order valence-corrected chi connectivity index (χ3v) is 1.67. The molecule has 0 aromatic carbocycles. The summed E-state index contributed by atoms with van der Waals surface area (Å²) in [4.78, 5) is 0. The van der Waals surface area contributed by atoms with Crippen LogP contribution < -0.4 is 5.43 Å². The zero-order valence-corrected chi connectivity index (χ0v) is 6.57. The van der Waals surface area contributed by atoms with Crippen LogP contribution in [0.25, 0.3) is 0 Å². The Bertz CT molecular complexity index is 87.6. The predicted molar refractivity (Wildman–Crippen MR) is 39.1 cm³/mol. The van der Waals surface area contributed by atoms with Gasteiger partial charge in [-0.1, -0.05) is 0 Å². The lowest BCUT2D eigenvalue weighted by molar-refractivity contribution is 0.116. The van der Waals surface area contributed by atoms with E-state index in [1.807, 2.05) is 0 Å². The van der Waals surface area contributed by atoms with Crippen LogP contribution in [0.5, 0.6) is 0 Å². The van der Waals surface area contributed by atoms with Gasteiger partial charge in [-0.2, -0.15) is 0 Å². The van der Waals surface area contributed by atoms with Crippen molar-refractivity contribution in [1.82, 2.24) is 10.4 Å². The van der Waals surface area contributed by atoms with Gasteiger partial charge >= 0.3 is 0 Å². The summed E-state index contributed by atoms with van der Waals surface area (Å²) in [5.41, 5.74) is 3.63.